The zero-order chi connectivity index (χ0) is 26.3. The van der Waals surface area contributed by atoms with E-state index in [-0.39, 0.29) is 28.3 Å². The third-order valence-corrected chi connectivity index (χ3v) is 8.16. The molecule has 1 atom stereocenters. The predicted octanol–water partition coefficient (Wildman–Crippen LogP) is 4.21. The Hall–Kier alpha value is -3.44. The third-order valence-electron chi connectivity index (χ3n) is 5.19. The number of nitrogens with zero attached hydrogens (tertiary/aromatic N) is 3. The zero-order valence-electron chi connectivity index (χ0n) is 20.4. The SMILES string of the molecule is C=CCn1c(CS(=O)(=O)c2ccc(C)cc2)nnc1SC(CC)C(=O)Nc1ccc(NC(C)=O)cc1. The number of carbonyl (C=O) groups is 2. The molecule has 11 heteroatoms. The van der Waals surface area contributed by atoms with Crippen molar-refractivity contribution in [1.82, 2.24) is 14.8 Å². The molecule has 0 spiro atoms. The second-order valence-electron chi connectivity index (χ2n) is 8.13. The molecule has 0 saturated heterocycles. The van der Waals surface area contributed by atoms with Gasteiger partial charge in [-0.15, -0.1) is 16.8 Å². The molecule has 0 aliphatic rings. The number of allylic oxidation sites excluding steroid dienone is 1. The minimum atomic E-state index is -3.63. The highest BCUT2D eigenvalue weighted by molar-refractivity contribution is 8.00. The summed E-state index contributed by atoms with van der Waals surface area (Å²) in [5, 5.41) is 13.8. The Morgan fingerprint density at radius 2 is 1.67 bits per heavy atom. The number of amides is 2. The molecule has 9 nitrogen and oxygen atoms in total. The number of hydrogen-bond acceptors (Lipinski definition) is 7. The number of aromatic nitrogens is 3. The van der Waals surface area contributed by atoms with Crippen molar-refractivity contribution in [3.05, 3.63) is 72.6 Å². The molecule has 0 aliphatic carbocycles. The summed E-state index contributed by atoms with van der Waals surface area (Å²) in [6, 6.07) is 13.5. The molecule has 2 aromatic carbocycles. The lowest BCUT2D eigenvalue weighted by molar-refractivity contribution is -0.116. The number of rotatable bonds is 11. The number of carbonyl (C=O) groups excluding carboxylic acids is 2. The zero-order valence-corrected chi connectivity index (χ0v) is 22.0. The Kier molecular flexibility index (Phi) is 9.05. The van der Waals surface area contributed by atoms with Gasteiger partial charge in [-0.05, 0) is 49.7 Å². The first-order valence-corrected chi connectivity index (χ1v) is 13.8. The summed E-state index contributed by atoms with van der Waals surface area (Å²) in [6.07, 6.45) is 2.14. The van der Waals surface area contributed by atoms with Gasteiger partial charge >= 0.3 is 0 Å². The van der Waals surface area contributed by atoms with Crippen molar-refractivity contribution >= 4 is 44.8 Å². The lowest BCUT2D eigenvalue weighted by atomic mass is 10.2. The molecule has 3 aromatic rings. The lowest BCUT2D eigenvalue weighted by Crippen LogP contribution is -2.25. The van der Waals surface area contributed by atoms with E-state index in [1.54, 1.807) is 59.2 Å². The van der Waals surface area contributed by atoms with Gasteiger partial charge in [-0.2, -0.15) is 0 Å². The van der Waals surface area contributed by atoms with Crippen molar-refractivity contribution in [1.29, 1.82) is 0 Å². The van der Waals surface area contributed by atoms with Gasteiger partial charge in [0.05, 0.1) is 10.1 Å². The van der Waals surface area contributed by atoms with E-state index in [1.165, 1.54) is 18.7 Å². The van der Waals surface area contributed by atoms with E-state index in [9.17, 15) is 18.0 Å². The van der Waals surface area contributed by atoms with Crippen LogP contribution in [0.5, 0.6) is 0 Å². The molecule has 190 valence electrons. The number of benzene rings is 2. The fourth-order valence-electron chi connectivity index (χ4n) is 3.34. The van der Waals surface area contributed by atoms with Gasteiger partial charge in [0.1, 0.15) is 11.6 Å². The van der Waals surface area contributed by atoms with Crippen LogP contribution in [-0.4, -0.2) is 40.2 Å². The maximum absolute atomic E-state index is 13.0. The highest BCUT2D eigenvalue weighted by Crippen LogP contribution is 2.27. The quantitative estimate of drug-likeness (QED) is 0.283. The summed E-state index contributed by atoms with van der Waals surface area (Å²) < 4.78 is 27.6. The molecule has 0 radical (unpaired) electrons. The lowest BCUT2D eigenvalue weighted by Gasteiger charge is -2.15. The third kappa shape index (κ3) is 7.05. The Balaban J connectivity index is 1.75. The fraction of sp³-hybridized carbons (Fsp3) is 0.280. The van der Waals surface area contributed by atoms with Crippen molar-refractivity contribution < 1.29 is 18.0 Å². The molecule has 1 heterocycles. The van der Waals surface area contributed by atoms with E-state index in [4.69, 9.17) is 0 Å². The van der Waals surface area contributed by atoms with Crippen LogP contribution in [0.15, 0.2) is 71.2 Å². The molecule has 2 N–H and O–H groups in total. The molecule has 0 bridgehead atoms. The van der Waals surface area contributed by atoms with E-state index < -0.39 is 15.1 Å². The van der Waals surface area contributed by atoms with Crippen LogP contribution in [0.2, 0.25) is 0 Å². The molecule has 3 rings (SSSR count). The highest BCUT2D eigenvalue weighted by atomic mass is 32.2. The molecule has 1 unspecified atom stereocenters. The normalized spacial score (nSPS) is 12.1. The largest absolute Gasteiger partial charge is 0.326 e. The van der Waals surface area contributed by atoms with Gasteiger partial charge in [-0.1, -0.05) is 42.5 Å². The van der Waals surface area contributed by atoms with Crippen LogP contribution in [0, 0.1) is 6.92 Å². The van der Waals surface area contributed by atoms with Crippen LogP contribution >= 0.6 is 11.8 Å². The first kappa shape index (κ1) is 27.2. The van der Waals surface area contributed by atoms with Gasteiger partial charge < -0.3 is 15.2 Å². The Bertz CT molecular complexity index is 1330. The Morgan fingerprint density at radius 3 is 2.22 bits per heavy atom. The van der Waals surface area contributed by atoms with E-state index in [2.05, 4.69) is 27.4 Å². The number of hydrogen-bond donors (Lipinski definition) is 2. The summed E-state index contributed by atoms with van der Waals surface area (Å²) in [7, 11) is -3.63. The molecule has 36 heavy (non-hydrogen) atoms. The van der Waals surface area contributed by atoms with Crippen molar-refractivity contribution in [2.75, 3.05) is 10.6 Å². The fourth-order valence-corrected chi connectivity index (χ4v) is 5.59. The van der Waals surface area contributed by atoms with Gasteiger partial charge in [-0.25, -0.2) is 8.42 Å². The minimum Gasteiger partial charge on any atom is -0.326 e. The molecule has 1 aromatic heterocycles. The van der Waals surface area contributed by atoms with Gasteiger partial charge in [0.2, 0.25) is 11.8 Å². The van der Waals surface area contributed by atoms with E-state index >= 15 is 0 Å². The van der Waals surface area contributed by atoms with Crippen molar-refractivity contribution in [3.63, 3.8) is 0 Å². The van der Waals surface area contributed by atoms with E-state index in [1.807, 2.05) is 13.8 Å². The summed E-state index contributed by atoms with van der Waals surface area (Å²) in [6.45, 7) is 9.26. The number of nitrogens with one attached hydrogen (secondary N) is 2. The van der Waals surface area contributed by atoms with Crippen LogP contribution < -0.4 is 10.6 Å². The number of thioether (sulfide) groups is 1. The van der Waals surface area contributed by atoms with Gasteiger partial charge in [0, 0.05) is 24.8 Å². The van der Waals surface area contributed by atoms with Crippen molar-refractivity contribution in [2.45, 2.75) is 54.8 Å². The molecule has 0 aliphatic heterocycles. The topological polar surface area (TPSA) is 123 Å². The molecule has 0 saturated carbocycles. The first-order valence-electron chi connectivity index (χ1n) is 11.3. The van der Waals surface area contributed by atoms with Crippen LogP contribution in [0.3, 0.4) is 0 Å². The van der Waals surface area contributed by atoms with E-state index in [0.29, 0.717) is 29.5 Å². The summed E-state index contributed by atoms with van der Waals surface area (Å²) >= 11 is 1.22. The van der Waals surface area contributed by atoms with Crippen LogP contribution in [0.4, 0.5) is 11.4 Å². The second-order valence-corrected chi connectivity index (χ2v) is 11.3. The number of sulfone groups is 1. The standard InChI is InChI=1S/C25H29N5O4S2/c1-5-15-30-23(16-36(33,34)21-13-7-17(3)8-14-21)28-29-25(30)35-22(6-2)24(32)27-20-11-9-19(10-12-20)26-18(4)31/h5,7-14,22H,1,6,15-16H2,2-4H3,(H,26,31)(H,27,32). The van der Waals surface area contributed by atoms with Gasteiger partial charge in [-0.3, -0.25) is 9.59 Å². The second kappa shape index (κ2) is 12.0. The number of anilines is 2. The smallest absolute Gasteiger partial charge is 0.237 e. The molecular weight excluding hydrogens is 498 g/mol. The maximum Gasteiger partial charge on any atom is 0.237 e. The molecule has 0 fully saturated rings. The molecular formula is C25H29N5O4S2. The average molecular weight is 528 g/mol. The Labute approximate surface area is 215 Å². The van der Waals surface area contributed by atoms with Crippen LogP contribution in [0.25, 0.3) is 0 Å². The van der Waals surface area contributed by atoms with Crippen LogP contribution in [0.1, 0.15) is 31.7 Å². The minimum absolute atomic E-state index is 0.177. The van der Waals surface area contributed by atoms with Crippen molar-refractivity contribution in [2.24, 2.45) is 0 Å². The first-order chi connectivity index (χ1) is 17.1. The van der Waals surface area contributed by atoms with Gasteiger partial charge in [0.15, 0.2) is 15.0 Å². The number of aryl methyl sites for hydroxylation is 1. The van der Waals surface area contributed by atoms with Crippen molar-refractivity contribution in [3.8, 4) is 0 Å². The Morgan fingerprint density at radius 1 is 1.06 bits per heavy atom. The molecule has 2 amide bonds. The monoisotopic (exact) mass is 527 g/mol. The summed E-state index contributed by atoms with van der Waals surface area (Å²) in [5.74, 6) is -0.441. The average Bonchev–Trinajstić information content (AvgIpc) is 3.19. The summed E-state index contributed by atoms with van der Waals surface area (Å²) in [5.41, 5.74) is 2.19. The van der Waals surface area contributed by atoms with Gasteiger partial charge in [0.25, 0.3) is 0 Å². The highest BCUT2D eigenvalue weighted by Gasteiger charge is 2.25. The predicted molar refractivity (Wildman–Crippen MR) is 142 cm³/mol. The van der Waals surface area contributed by atoms with Crippen LogP contribution in [-0.2, 0) is 31.7 Å². The summed E-state index contributed by atoms with van der Waals surface area (Å²) in [4.78, 5) is 24.3. The van der Waals surface area contributed by atoms with E-state index in [0.717, 1.165) is 5.56 Å². The maximum atomic E-state index is 13.0.